The first-order valence-corrected chi connectivity index (χ1v) is 11.8. The van der Waals surface area contributed by atoms with Crippen molar-refractivity contribution in [2.24, 2.45) is 0 Å². The van der Waals surface area contributed by atoms with Crippen LogP contribution in [0.3, 0.4) is 0 Å². The van der Waals surface area contributed by atoms with Crippen molar-refractivity contribution in [1.82, 2.24) is 9.29 Å². The number of amides is 1. The zero-order valence-electron chi connectivity index (χ0n) is 14.8. The number of thiazole rings is 1. The highest BCUT2D eigenvalue weighted by Crippen LogP contribution is 2.30. The van der Waals surface area contributed by atoms with Gasteiger partial charge in [-0.15, -0.1) is 22.7 Å². The van der Waals surface area contributed by atoms with Gasteiger partial charge in [0, 0.05) is 17.5 Å². The number of aromatic nitrogens is 1. The van der Waals surface area contributed by atoms with Crippen molar-refractivity contribution in [2.75, 3.05) is 11.9 Å². The zero-order chi connectivity index (χ0) is 20.6. The Balaban J connectivity index is 1.51. The number of carbonyl (C=O) groups excluding carboxylic acids is 1. The molecule has 0 spiro atoms. The summed E-state index contributed by atoms with van der Waals surface area (Å²) in [6, 6.07) is 5.78. The Labute approximate surface area is 173 Å². The third-order valence-electron chi connectivity index (χ3n) is 4.51. The summed E-state index contributed by atoms with van der Waals surface area (Å²) in [6.07, 6.45) is 0.999. The Morgan fingerprint density at radius 2 is 2.03 bits per heavy atom. The lowest BCUT2D eigenvalue weighted by Crippen LogP contribution is -2.42. The molecule has 1 saturated heterocycles. The van der Waals surface area contributed by atoms with Crippen LogP contribution in [0.5, 0.6) is 0 Å². The first-order chi connectivity index (χ1) is 13.9. The second kappa shape index (κ2) is 7.90. The van der Waals surface area contributed by atoms with Crippen LogP contribution in [-0.4, -0.2) is 36.2 Å². The van der Waals surface area contributed by atoms with Gasteiger partial charge in [-0.3, -0.25) is 4.79 Å². The van der Waals surface area contributed by atoms with Crippen LogP contribution >= 0.6 is 22.7 Å². The quantitative estimate of drug-likeness (QED) is 0.632. The monoisotopic (exact) mass is 455 g/mol. The van der Waals surface area contributed by atoms with E-state index in [1.54, 1.807) is 16.8 Å². The highest BCUT2D eigenvalue weighted by Gasteiger charge is 2.40. The van der Waals surface area contributed by atoms with E-state index in [4.69, 9.17) is 0 Å². The molecule has 1 amide bonds. The zero-order valence-corrected chi connectivity index (χ0v) is 17.3. The number of carbonyl (C=O) groups is 1. The minimum atomic E-state index is -3.73. The number of hydrogen-bond acceptors (Lipinski definition) is 6. The van der Waals surface area contributed by atoms with Crippen molar-refractivity contribution < 1.29 is 22.0 Å². The second-order valence-corrected chi connectivity index (χ2v) is 10.3. The van der Waals surface area contributed by atoms with Crippen molar-refractivity contribution >= 4 is 43.7 Å². The summed E-state index contributed by atoms with van der Waals surface area (Å²) >= 11 is 2.23. The molecule has 2 aromatic heterocycles. The highest BCUT2D eigenvalue weighted by atomic mass is 32.2. The minimum absolute atomic E-state index is 0.201. The van der Waals surface area contributed by atoms with Crippen LogP contribution < -0.4 is 5.32 Å². The maximum absolute atomic E-state index is 13.4. The number of anilines is 1. The molecule has 0 radical (unpaired) electrons. The summed E-state index contributed by atoms with van der Waals surface area (Å²) in [5.41, 5.74) is 0.766. The number of sulfonamides is 1. The molecule has 29 heavy (non-hydrogen) atoms. The van der Waals surface area contributed by atoms with Gasteiger partial charge in [-0.2, -0.15) is 4.31 Å². The Morgan fingerprint density at radius 1 is 1.21 bits per heavy atom. The lowest BCUT2D eigenvalue weighted by Gasteiger charge is -2.22. The summed E-state index contributed by atoms with van der Waals surface area (Å²) in [7, 11) is -3.73. The van der Waals surface area contributed by atoms with E-state index in [1.165, 1.54) is 16.4 Å². The lowest BCUT2D eigenvalue weighted by molar-refractivity contribution is -0.119. The summed E-state index contributed by atoms with van der Waals surface area (Å²) in [5.74, 6) is -2.40. The van der Waals surface area contributed by atoms with Crippen LogP contribution in [0.15, 0.2) is 45.3 Å². The highest BCUT2D eigenvalue weighted by molar-refractivity contribution is 7.91. The van der Waals surface area contributed by atoms with Crippen molar-refractivity contribution in [3.8, 4) is 11.3 Å². The van der Waals surface area contributed by atoms with Crippen molar-refractivity contribution in [3.05, 3.63) is 52.7 Å². The molecule has 1 aromatic carbocycles. The first kappa shape index (κ1) is 20.1. The molecule has 6 nitrogen and oxygen atoms in total. The van der Waals surface area contributed by atoms with E-state index in [0.29, 0.717) is 24.1 Å². The van der Waals surface area contributed by atoms with Gasteiger partial charge in [-0.1, -0.05) is 6.07 Å². The summed E-state index contributed by atoms with van der Waals surface area (Å²) in [6.45, 7) is 0.274. The van der Waals surface area contributed by atoms with E-state index in [2.05, 4.69) is 10.3 Å². The van der Waals surface area contributed by atoms with Crippen LogP contribution in [0.2, 0.25) is 0 Å². The fraction of sp³-hybridized carbons (Fsp3) is 0.222. The van der Waals surface area contributed by atoms with E-state index in [9.17, 15) is 22.0 Å². The van der Waals surface area contributed by atoms with E-state index in [-0.39, 0.29) is 15.9 Å². The van der Waals surface area contributed by atoms with Gasteiger partial charge >= 0.3 is 0 Å². The Kier molecular flexibility index (Phi) is 5.47. The molecule has 0 saturated carbocycles. The van der Waals surface area contributed by atoms with E-state index < -0.39 is 33.6 Å². The Morgan fingerprint density at radius 3 is 2.76 bits per heavy atom. The van der Waals surface area contributed by atoms with Crippen molar-refractivity contribution in [1.29, 1.82) is 0 Å². The second-order valence-electron chi connectivity index (χ2n) is 6.36. The predicted molar refractivity (Wildman–Crippen MR) is 107 cm³/mol. The van der Waals surface area contributed by atoms with Gasteiger partial charge in [-0.25, -0.2) is 22.2 Å². The molecule has 11 heteroatoms. The average molecular weight is 456 g/mol. The standard InChI is InChI=1S/C18H15F2N3O3S3/c19-12-6-5-11(9-13(12)20)14-10-28-18(21-14)22-17(24)15-3-1-7-23(15)29(25,26)16-4-2-8-27-16/h2,4-6,8-10,15H,1,3,7H2,(H,21,22,24). The van der Waals surface area contributed by atoms with E-state index in [1.807, 2.05) is 0 Å². The van der Waals surface area contributed by atoms with E-state index >= 15 is 0 Å². The predicted octanol–water partition coefficient (Wildman–Crippen LogP) is 3.94. The van der Waals surface area contributed by atoms with Gasteiger partial charge < -0.3 is 5.32 Å². The van der Waals surface area contributed by atoms with Crippen LogP contribution in [0, 0.1) is 11.6 Å². The maximum atomic E-state index is 13.4. The molecule has 1 fully saturated rings. The topological polar surface area (TPSA) is 79.4 Å². The molecule has 152 valence electrons. The smallest absolute Gasteiger partial charge is 0.253 e. The number of hydrogen-bond donors (Lipinski definition) is 1. The van der Waals surface area contributed by atoms with Gasteiger partial charge in [0.2, 0.25) is 5.91 Å². The normalized spacial score (nSPS) is 17.5. The maximum Gasteiger partial charge on any atom is 0.253 e. The van der Waals surface area contributed by atoms with Crippen molar-refractivity contribution in [2.45, 2.75) is 23.1 Å². The van der Waals surface area contributed by atoms with Gasteiger partial charge in [0.05, 0.1) is 5.69 Å². The summed E-state index contributed by atoms with van der Waals surface area (Å²) in [4.78, 5) is 17.0. The molecule has 4 rings (SSSR count). The van der Waals surface area contributed by atoms with Crippen LogP contribution in [0.4, 0.5) is 13.9 Å². The van der Waals surface area contributed by atoms with Crippen molar-refractivity contribution in [3.63, 3.8) is 0 Å². The van der Waals surface area contributed by atoms with Crippen LogP contribution in [0.25, 0.3) is 11.3 Å². The fourth-order valence-electron chi connectivity index (χ4n) is 3.12. The van der Waals surface area contributed by atoms with Gasteiger partial charge in [0.1, 0.15) is 10.3 Å². The molecular weight excluding hydrogens is 440 g/mol. The molecule has 0 aliphatic carbocycles. The fourth-order valence-corrected chi connectivity index (χ4v) is 6.62. The number of nitrogens with one attached hydrogen (secondary N) is 1. The van der Waals surface area contributed by atoms with Crippen LogP contribution in [0.1, 0.15) is 12.8 Å². The third kappa shape index (κ3) is 3.95. The molecule has 1 aliphatic heterocycles. The number of halogens is 2. The largest absolute Gasteiger partial charge is 0.301 e. The number of nitrogens with zero attached hydrogens (tertiary/aromatic N) is 2. The lowest BCUT2D eigenvalue weighted by atomic mass is 10.2. The molecule has 3 aromatic rings. The van der Waals surface area contributed by atoms with Gasteiger partial charge in [-0.05, 0) is 42.5 Å². The third-order valence-corrected chi connectivity index (χ3v) is 8.55. The molecule has 1 N–H and O–H groups in total. The van der Waals surface area contributed by atoms with Gasteiger partial charge in [0.15, 0.2) is 16.8 Å². The summed E-state index contributed by atoms with van der Waals surface area (Å²) < 4.78 is 53.5. The van der Waals surface area contributed by atoms with Gasteiger partial charge in [0.25, 0.3) is 10.0 Å². The SMILES string of the molecule is O=C(Nc1nc(-c2ccc(F)c(F)c2)cs1)C1CCCN1S(=O)(=O)c1cccs1. The number of thiophene rings is 1. The number of rotatable bonds is 5. The molecule has 0 bridgehead atoms. The first-order valence-electron chi connectivity index (χ1n) is 8.63. The Hall–Kier alpha value is -2.21. The molecule has 1 atom stereocenters. The minimum Gasteiger partial charge on any atom is -0.301 e. The Bertz CT molecular complexity index is 1150. The van der Waals surface area contributed by atoms with Crippen LogP contribution in [-0.2, 0) is 14.8 Å². The summed E-state index contributed by atoms with van der Waals surface area (Å²) in [5, 5.41) is 6.19. The van der Waals surface area contributed by atoms with E-state index in [0.717, 1.165) is 34.8 Å². The molecule has 1 aliphatic rings. The molecule has 3 heterocycles. The number of benzene rings is 1. The average Bonchev–Trinajstić information content (AvgIpc) is 3.45. The molecular formula is C18H15F2N3O3S3. The molecule has 1 unspecified atom stereocenters.